The van der Waals surface area contributed by atoms with Gasteiger partial charge in [0.25, 0.3) is 0 Å². The van der Waals surface area contributed by atoms with Crippen molar-refractivity contribution in [1.82, 2.24) is 0 Å². The van der Waals surface area contributed by atoms with E-state index in [9.17, 15) is 8.78 Å². The zero-order valence-corrected chi connectivity index (χ0v) is 14.8. The van der Waals surface area contributed by atoms with Crippen LogP contribution in [0.3, 0.4) is 0 Å². The summed E-state index contributed by atoms with van der Waals surface area (Å²) in [4.78, 5) is 0. The minimum atomic E-state index is -0.862. The van der Waals surface area contributed by atoms with Gasteiger partial charge < -0.3 is 9.47 Å². The van der Waals surface area contributed by atoms with Crippen LogP contribution in [0.1, 0.15) is 76.3 Å². The summed E-state index contributed by atoms with van der Waals surface area (Å²) in [7, 11) is 0. The number of unbranched alkanes of at least 4 members (excludes halogenated alkanes) is 2. The summed E-state index contributed by atoms with van der Waals surface area (Å²) in [6, 6.07) is 0. The van der Waals surface area contributed by atoms with Crippen LogP contribution in [-0.2, 0) is 12.8 Å². The summed E-state index contributed by atoms with van der Waals surface area (Å²) in [5.41, 5.74) is 1.67. The second-order valence-corrected chi connectivity index (χ2v) is 7.08. The average Bonchev–Trinajstić information content (AvgIpc) is 2.60. The lowest BCUT2D eigenvalue weighted by Gasteiger charge is -2.33. The minimum Gasteiger partial charge on any atom is -0.487 e. The van der Waals surface area contributed by atoms with Crippen LogP contribution in [0.2, 0.25) is 0 Å². The first kappa shape index (κ1) is 17.5. The van der Waals surface area contributed by atoms with E-state index in [0.717, 1.165) is 75.3 Å². The molecule has 0 radical (unpaired) electrons. The average molecular weight is 338 g/mol. The van der Waals surface area contributed by atoms with Gasteiger partial charge in [0.15, 0.2) is 11.5 Å². The highest BCUT2D eigenvalue weighted by Crippen LogP contribution is 2.44. The maximum Gasteiger partial charge on any atom is 0.204 e. The van der Waals surface area contributed by atoms with Crippen LogP contribution in [-0.4, -0.2) is 12.2 Å². The summed E-state index contributed by atoms with van der Waals surface area (Å²) < 4.78 is 40.8. The van der Waals surface area contributed by atoms with Crippen molar-refractivity contribution >= 4 is 0 Å². The lowest BCUT2D eigenvalue weighted by atomic mass is 9.89. The fourth-order valence-corrected chi connectivity index (χ4v) is 3.93. The number of hydrogen-bond acceptors (Lipinski definition) is 2. The van der Waals surface area contributed by atoms with Crippen molar-refractivity contribution in [3.05, 3.63) is 22.8 Å². The molecule has 0 aromatic heterocycles. The summed E-state index contributed by atoms with van der Waals surface area (Å²) >= 11 is 0. The van der Waals surface area contributed by atoms with E-state index in [1.807, 2.05) is 0 Å². The highest BCUT2D eigenvalue weighted by atomic mass is 19.2. The van der Waals surface area contributed by atoms with Crippen LogP contribution < -0.4 is 9.47 Å². The maximum atomic E-state index is 14.6. The van der Waals surface area contributed by atoms with Gasteiger partial charge in [-0.3, -0.25) is 0 Å². The molecular weight excluding hydrogens is 310 g/mol. The topological polar surface area (TPSA) is 18.5 Å². The third-order valence-corrected chi connectivity index (χ3v) is 5.25. The van der Waals surface area contributed by atoms with E-state index in [1.165, 1.54) is 0 Å². The van der Waals surface area contributed by atoms with Crippen molar-refractivity contribution in [2.24, 2.45) is 0 Å². The minimum absolute atomic E-state index is 0.000696. The lowest BCUT2D eigenvalue weighted by molar-refractivity contribution is 0.134. The Morgan fingerprint density at radius 3 is 1.83 bits per heavy atom. The van der Waals surface area contributed by atoms with E-state index in [-0.39, 0.29) is 23.7 Å². The van der Waals surface area contributed by atoms with E-state index in [1.54, 1.807) is 0 Å². The molecule has 0 N–H and O–H groups in total. The molecule has 0 fully saturated rings. The molecule has 2 heterocycles. The van der Waals surface area contributed by atoms with Crippen LogP contribution in [0.15, 0.2) is 0 Å². The van der Waals surface area contributed by atoms with Gasteiger partial charge in [0.1, 0.15) is 0 Å². The van der Waals surface area contributed by atoms with Gasteiger partial charge in [-0.05, 0) is 44.9 Å². The molecule has 0 saturated heterocycles. The lowest BCUT2D eigenvalue weighted by Crippen LogP contribution is -2.29. The van der Waals surface area contributed by atoms with Crippen molar-refractivity contribution < 1.29 is 18.3 Å². The van der Waals surface area contributed by atoms with Gasteiger partial charge in [-0.1, -0.05) is 33.1 Å². The van der Waals surface area contributed by atoms with Crippen molar-refractivity contribution in [2.45, 2.75) is 90.3 Å². The van der Waals surface area contributed by atoms with E-state index >= 15 is 0 Å². The Labute approximate surface area is 143 Å². The first-order valence-corrected chi connectivity index (χ1v) is 9.51. The fourth-order valence-electron chi connectivity index (χ4n) is 3.93. The zero-order chi connectivity index (χ0) is 17.1. The van der Waals surface area contributed by atoms with Crippen molar-refractivity contribution in [3.8, 4) is 11.5 Å². The van der Waals surface area contributed by atoms with Gasteiger partial charge >= 0.3 is 0 Å². The quantitative estimate of drug-likeness (QED) is 0.616. The third-order valence-electron chi connectivity index (χ3n) is 5.25. The van der Waals surface area contributed by atoms with Crippen LogP contribution in [0.25, 0.3) is 0 Å². The van der Waals surface area contributed by atoms with E-state index in [4.69, 9.17) is 9.47 Å². The highest BCUT2D eigenvalue weighted by molar-refractivity contribution is 5.52. The summed E-state index contributed by atoms with van der Waals surface area (Å²) in [5.74, 6) is -1.43. The molecule has 2 nitrogen and oxygen atoms in total. The molecule has 1 aromatic rings. The molecule has 3 rings (SSSR count). The number of benzene rings is 1. The standard InChI is InChI=1S/C20H28F2O2/c1-3-5-6-8-14-10-12-16-15-11-9-13(7-4-2)23-19(15)17(21)18(22)20(16)24-14/h13-14H,3-12H2,1-2H3. The highest BCUT2D eigenvalue weighted by Gasteiger charge is 2.34. The summed E-state index contributed by atoms with van der Waals surface area (Å²) in [6.45, 7) is 4.24. The normalized spacial score (nSPS) is 22.3. The molecular formula is C20H28F2O2. The Morgan fingerprint density at radius 1 is 0.792 bits per heavy atom. The molecule has 0 spiro atoms. The molecule has 24 heavy (non-hydrogen) atoms. The van der Waals surface area contributed by atoms with Gasteiger partial charge in [-0.2, -0.15) is 8.78 Å². The van der Waals surface area contributed by atoms with Gasteiger partial charge in [-0.25, -0.2) is 0 Å². The molecule has 4 heteroatoms. The Hall–Kier alpha value is -1.32. The summed E-state index contributed by atoms with van der Waals surface area (Å²) in [6.07, 6.45) is 9.44. The number of ether oxygens (including phenoxy) is 2. The smallest absolute Gasteiger partial charge is 0.204 e. The van der Waals surface area contributed by atoms with Crippen LogP contribution in [0.5, 0.6) is 11.5 Å². The van der Waals surface area contributed by atoms with E-state index in [0.29, 0.717) is 0 Å². The van der Waals surface area contributed by atoms with Crippen LogP contribution >= 0.6 is 0 Å². The van der Waals surface area contributed by atoms with Crippen molar-refractivity contribution in [2.75, 3.05) is 0 Å². The number of halogens is 2. The Morgan fingerprint density at radius 2 is 1.33 bits per heavy atom. The molecule has 2 aliphatic rings. The monoisotopic (exact) mass is 338 g/mol. The Bertz CT molecular complexity index is 586. The van der Waals surface area contributed by atoms with Gasteiger partial charge in [0.05, 0.1) is 12.2 Å². The molecule has 0 bridgehead atoms. The molecule has 2 unspecified atom stereocenters. The number of rotatable bonds is 6. The molecule has 2 aliphatic heterocycles. The second kappa shape index (κ2) is 7.71. The van der Waals surface area contributed by atoms with Gasteiger partial charge in [0, 0.05) is 11.1 Å². The zero-order valence-electron chi connectivity index (χ0n) is 14.8. The van der Waals surface area contributed by atoms with Gasteiger partial charge in [0.2, 0.25) is 11.6 Å². The molecule has 0 saturated carbocycles. The number of fused-ring (bicyclic) bond motifs is 3. The molecule has 2 atom stereocenters. The van der Waals surface area contributed by atoms with E-state index < -0.39 is 11.6 Å². The van der Waals surface area contributed by atoms with Gasteiger partial charge in [-0.15, -0.1) is 0 Å². The molecule has 0 aliphatic carbocycles. The number of hydrogen-bond donors (Lipinski definition) is 0. The maximum absolute atomic E-state index is 14.6. The predicted octanol–water partition coefficient (Wildman–Crippen LogP) is 5.73. The van der Waals surface area contributed by atoms with E-state index in [2.05, 4.69) is 13.8 Å². The van der Waals surface area contributed by atoms with Crippen LogP contribution in [0.4, 0.5) is 8.78 Å². The molecule has 1 aromatic carbocycles. The predicted molar refractivity (Wildman–Crippen MR) is 90.9 cm³/mol. The third kappa shape index (κ3) is 3.38. The largest absolute Gasteiger partial charge is 0.487 e. The molecule has 0 amide bonds. The summed E-state index contributed by atoms with van der Waals surface area (Å²) in [5, 5.41) is 0. The fraction of sp³-hybridized carbons (Fsp3) is 0.700. The first-order valence-electron chi connectivity index (χ1n) is 9.51. The SMILES string of the molecule is CCCCCC1CCc2c3c(c(F)c(F)c2O1)OC(CCC)CC3. The van der Waals surface area contributed by atoms with Crippen molar-refractivity contribution in [1.29, 1.82) is 0 Å². The Balaban J connectivity index is 1.83. The Kier molecular flexibility index (Phi) is 5.62. The second-order valence-electron chi connectivity index (χ2n) is 7.08. The molecule has 134 valence electrons. The first-order chi connectivity index (χ1) is 11.7. The van der Waals surface area contributed by atoms with Crippen LogP contribution in [0, 0.1) is 11.6 Å². The van der Waals surface area contributed by atoms with Crippen molar-refractivity contribution in [3.63, 3.8) is 0 Å².